The second-order valence-electron chi connectivity index (χ2n) is 6.87. The van der Waals surface area contributed by atoms with E-state index in [2.05, 4.69) is 25.1 Å². The molecule has 0 unspecified atom stereocenters. The molecule has 0 bridgehead atoms. The number of rotatable bonds is 5. The van der Waals surface area contributed by atoms with Crippen LogP contribution in [0, 0.1) is 0 Å². The highest BCUT2D eigenvalue weighted by atomic mass is 16.5. The Balaban J connectivity index is 1.52. The lowest BCUT2D eigenvalue weighted by molar-refractivity contribution is 0.0933. The molecule has 0 radical (unpaired) electrons. The maximum atomic E-state index is 12.7. The van der Waals surface area contributed by atoms with Gasteiger partial charge in [0, 0.05) is 16.9 Å². The summed E-state index contributed by atoms with van der Waals surface area (Å²) in [5.74, 6) is 1.41. The number of aromatic amines is 1. The van der Waals surface area contributed by atoms with Crippen LogP contribution in [0.2, 0.25) is 0 Å². The van der Waals surface area contributed by atoms with Crippen LogP contribution in [-0.2, 0) is 0 Å². The second-order valence-corrected chi connectivity index (χ2v) is 6.87. The molecule has 0 spiro atoms. The molecule has 0 aliphatic heterocycles. The van der Waals surface area contributed by atoms with Crippen molar-refractivity contribution < 1.29 is 9.53 Å². The predicted molar refractivity (Wildman–Crippen MR) is 98.3 cm³/mol. The zero-order valence-corrected chi connectivity index (χ0v) is 15.0. The van der Waals surface area contributed by atoms with Crippen LogP contribution >= 0.6 is 0 Å². The smallest absolute Gasteiger partial charge is 0.268 e. The molecule has 0 saturated heterocycles. The SMILES string of the molecule is COc1ccc2[nH]c(C(=O)N[C@H](C)c3nncn3C3CCCC3)cc2c1. The van der Waals surface area contributed by atoms with E-state index >= 15 is 0 Å². The van der Waals surface area contributed by atoms with Gasteiger partial charge >= 0.3 is 0 Å². The fourth-order valence-corrected chi connectivity index (χ4v) is 3.72. The van der Waals surface area contributed by atoms with E-state index in [0.717, 1.165) is 35.3 Å². The Hall–Kier alpha value is -2.83. The first-order chi connectivity index (χ1) is 12.7. The summed E-state index contributed by atoms with van der Waals surface area (Å²) in [5, 5.41) is 12.3. The molecule has 3 aromatic rings. The Morgan fingerprint density at radius 2 is 2.15 bits per heavy atom. The van der Waals surface area contributed by atoms with Gasteiger partial charge in [0.05, 0.1) is 13.2 Å². The Bertz CT molecular complexity index is 923. The summed E-state index contributed by atoms with van der Waals surface area (Å²) in [6.45, 7) is 1.94. The van der Waals surface area contributed by atoms with Crippen molar-refractivity contribution in [2.75, 3.05) is 7.11 Å². The molecular formula is C19H23N5O2. The zero-order valence-electron chi connectivity index (χ0n) is 15.0. The van der Waals surface area contributed by atoms with E-state index in [-0.39, 0.29) is 11.9 Å². The molecule has 1 saturated carbocycles. The van der Waals surface area contributed by atoms with Crippen LogP contribution < -0.4 is 10.1 Å². The summed E-state index contributed by atoms with van der Waals surface area (Å²) in [6, 6.07) is 7.74. The number of H-pyrrole nitrogens is 1. The van der Waals surface area contributed by atoms with Crippen LogP contribution in [-0.4, -0.2) is 32.8 Å². The van der Waals surface area contributed by atoms with Crippen molar-refractivity contribution in [2.24, 2.45) is 0 Å². The van der Waals surface area contributed by atoms with Crippen LogP contribution in [0.5, 0.6) is 5.75 Å². The third-order valence-corrected chi connectivity index (χ3v) is 5.13. The molecule has 4 rings (SSSR count). The highest BCUT2D eigenvalue weighted by Crippen LogP contribution is 2.31. The predicted octanol–water partition coefficient (Wildman–Crippen LogP) is 3.37. The number of carbonyl (C=O) groups excluding carboxylic acids is 1. The van der Waals surface area contributed by atoms with Gasteiger partial charge in [0.15, 0.2) is 5.82 Å². The van der Waals surface area contributed by atoms with E-state index in [1.54, 1.807) is 13.4 Å². The minimum absolute atomic E-state index is 0.159. The van der Waals surface area contributed by atoms with Gasteiger partial charge < -0.3 is 19.6 Å². The van der Waals surface area contributed by atoms with Crippen molar-refractivity contribution in [2.45, 2.75) is 44.7 Å². The number of nitrogens with zero attached hydrogens (tertiary/aromatic N) is 3. The Morgan fingerprint density at radius 3 is 2.92 bits per heavy atom. The molecule has 1 aliphatic rings. The van der Waals surface area contributed by atoms with Crippen LogP contribution in [0.3, 0.4) is 0 Å². The van der Waals surface area contributed by atoms with Crippen molar-refractivity contribution in [1.29, 1.82) is 0 Å². The summed E-state index contributed by atoms with van der Waals surface area (Å²) >= 11 is 0. The topological polar surface area (TPSA) is 84.8 Å². The lowest BCUT2D eigenvalue weighted by Gasteiger charge is -2.18. The highest BCUT2D eigenvalue weighted by Gasteiger charge is 2.24. The highest BCUT2D eigenvalue weighted by molar-refractivity contribution is 5.98. The number of fused-ring (bicyclic) bond motifs is 1. The minimum Gasteiger partial charge on any atom is -0.497 e. The number of amides is 1. The molecule has 2 N–H and O–H groups in total. The lowest BCUT2D eigenvalue weighted by atomic mass is 10.2. The largest absolute Gasteiger partial charge is 0.497 e. The Kier molecular flexibility index (Phi) is 4.36. The third kappa shape index (κ3) is 3.05. The summed E-state index contributed by atoms with van der Waals surface area (Å²) in [4.78, 5) is 15.8. The van der Waals surface area contributed by atoms with Crippen LogP contribution in [0.4, 0.5) is 0 Å². The Morgan fingerprint density at radius 1 is 1.35 bits per heavy atom. The maximum absolute atomic E-state index is 12.7. The number of methoxy groups -OCH3 is 1. The molecule has 1 fully saturated rings. The third-order valence-electron chi connectivity index (χ3n) is 5.13. The van der Waals surface area contributed by atoms with Crippen LogP contribution in [0.1, 0.15) is 61.0 Å². The van der Waals surface area contributed by atoms with Crippen molar-refractivity contribution in [3.63, 3.8) is 0 Å². The second kappa shape index (κ2) is 6.82. The molecule has 7 heteroatoms. The molecule has 1 amide bonds. The van der Waals surface area contributed by atoms with Crippen molar-refractivity contribution >= 4 is 16.8 Å². The van der Waals surface area contributed by atoms with Gasteiger partial charge in [-0.3, -0.25) is 4.79 Å². The van der Waals surface area contributed by atoms with E-state index in [1.165, 1.54) is 12.8 Å². The van der Waals surface area contributed by atoms with Crippen molar-refractivity contribution in [3.05, 3.63) is 42.1 Å². The zero-order chi connectivity index (χ0) is 18.1. The number of hydrogen-bond acceptors (Lipinski definition) is 4. The molecule has 2 aromatic heterocycles. The van der Waals surface area contributed by atoms with E-state index in [4.69, 9.17) is 4.74 Å². The quantitative estimate of drug-likeness (QED) is 0.736. The summed E-state index contributed by atoms with van der Waals surface area (Å²) in [5.41, 5.74) is 1.42. The molecule has 136 valence electrons. The molecule has 7 nitrogen and oxygen atoms in total. The van der Waals surface area contributed by atoms with Gasteiger partial charge in [-0.05, 0) is 44.0 Å². The van der Waals surface area contributed by atoms with Gasteiger partial charge in [-0.1, -0.05) is 12.8 Å². The molecule has 1 aliphatic carbocycles. The fourth-order valence-electron chi connectivity index (χ4n) is 3.72. The van der Waals surface area contributed by atoms with Gasteiger partial charge in [-0.2, -0.15) is 0 Å². The van der Waals surface area contributed by atoms with Gasteiger partial charge in [0.1, 0.15) is 17.8 Å². The van der Waals surface area contributed by atoms with Crippen molar-refractivity contribution in [3.8, 4) is 5.75 Å². The number of hydrogen-bond donors (Lipinski definition) is 2. The van der Waals surface area contributed by atoms with E-state index in [9.17, 15) is 4.79 Å². The summed E-state index contributed by atoms with van der Waals surface area (Å²) < 4.78 is 7.35. The number of nitrogens with one attached hydrogen (secondary N) is 2. The molecule has 26 heavy (non-hydrogen) atoms. The average Bonchev–Trinajstić information content (AvgIpc) is 3.39. The maximum Gasteiger partial charge on any atom is 0.268 e. The molecular weight excluding hydrogens is 330 g/mol. The number of carbonyl (C=O) groups is 1. The summed E-state index contributed by atoms with van der Waals surface area (Å²) in [6.07, 6.45) is 6.55. The van der Waals surface area contributed by atoms with Crippen LogP contribution in [0.25, 0.3) is 10.9 Å². The molecule has 1 aromatic carbocycles. The van der Waals surface area contributed by atoms with E-state index < -0.39 is 0 Å². The number of ether oxygens (including phenoxy) is 1. The summed E-state index contributed by atoms with van der Waals surface area (Å²) in [7, 11) is 1.63. The first kappa shape index (κ1) is 16.6. The first-order valence-electron chi connectivity index (χ1n) is 9.02. The normalized spacial score (nSPS) is 16.1. The number of benzene rings is 1. The average molecular weight is 353 g/mol. The first-order valence-corrected chi connectivity index (χ1v) is 9.02. The van der Waals surface area contributed by atoms with E-state index in [1.807, 2.05) is 31.2 Å². The van der Waals surface area contributed by atoms with Gasteiger partial charge in [0.25, 0.3) is 5.91 Å². The minimum atomic E-state index is -0.216. The molecule has 2 heterocycles. The van der Waals surface area contributed by atoms with Gasteiger partial charge in [-0.25, -0.2) is 0 Å². The molecule has 1 atom stereocenters. The van der Waals surface area contributed by atoms with Gasteiger partial charge in [-0.15, -0.1) is 10.2 Å². The van der Waals surface area contributed by atoms with Crippen LogP contribution in [0.15, 0.2) is 30.6 Å². The monoisotopic (exact) mass is 353 g/mol. The number of aromatic nitrogens is 4. The lowest BCUT2D eigenvalue weighted by Crippen LogP contribution is -2.29. The Labute approximate surface area is 151 Å². The van der Waals surface area contributed by atoms with Gasteiger partial charge in [0.2, 0.25) is 0 Å². The fraction of sp³-hybridized carbons (Fsp3) is 0.421. The standard InChI is InChI=1S/C19H23N5O2/c1-12(18-23-20-11-24(18)14-5-3-4-6-14)21-19(25)17-10-13-9-15(26-2)7-8-16(13)22-17/h7-12,14,22H,3-6H2,1-2H3,(H,21,25)/t12-/m1/s1. The van der Waals surface area contributed by atoms with E-state index in [0.29, 0.717) is 11.7 Å². The van der Waals surface area contributed by atoms with Crippen molar-refractivity contribution in [1.82, 2.24) is 25.1 Å².